The maximum Gasteiger partial charge on any atom is 0.229 e. The van der Waals surface area contributed by atoms with E-state index in [4.69, 9.17) is 0 Å². The van der Waals surface area contributed by atoms with Crippen LogP contribution in [0.3, 0.4) is 0 Å². The van der Waals surface area contributed by atoms with Crippen molar-refractivity contribution in [3.63, 3.8) is 0 Å². The zero-order chi connectivity index (χ0) is 17.7. The minimum absolute atomic E-state index is 0.0220. The fourth-order valence-electron chi connectivity index (χ4n) is 2.88. The molecule has 2 rings (SSSR count). The van der Waals surface area contributed by atoms with E-state index >= 15 is 0 Å². The number of anilines is 1. The van der Waals surface area contributed by atoms with Gasteiger partial charge in [-0.3, -0.25) is 14.4 Å². The van der Waals surface area contributed by atoms with Crippen molar-refractivity contribution in [2.24, 2.45) is 5.92 Å². The lowest BCUT2D eigenvalue weighted by atomic mass is 10.1. The summed E-state index contributed by atoms with van der Waals surface area (Å²) in [7, 11) is 3.99. The van der Waals surface area contributed by atoms with Gasteiger partial charge in [-0.05, 0) is 46.1 Å². The first-order chi connectivity index (χ1) is 11.4. The molecule has 1 fully saturated rings. The predicted octanol–water partition coefficient (Wildman–Crippen LogP) is 1.63. The van der Waals surface area contributed by atoms with Gasteiger partial charge in [0.2, 0.25) is 11.8 Å². The molecular weight excluding hydrogens is 306 g/mol. The lowest BCUT2D eigenvalue weighted by molar-refractivity contribution is -0.128. The van der Waals surface area contributed by atoms with Crippen molar-refractivity contribution >= 4 is 23.3 Å². The number of nitrogens with zero attached hydrogens (tertiary/aromatic N) is 2. The molecule has 0 radical (unpaired) electrons. The van der Waals surface area contributed by atoms with E-state index < -0.39 is 0 Å². The zero-order valence-corrected chi connectivity index (χ0v) is 14.5. The van der Waals surface area contributed by atoms with Crippen molar-refractivity contribution in [1.82, 2.24) is 9.80 Å². The lowest BCUT2D eigenvalue weighted by Crippen LogP contribution is -2.30. The largest absolute Gasteiger partial charge is 0.342 e. The Morgan fingerprint density at radius 3 is 2.67 bits per heavy atom. The molecule has 1 atom stereocenters. The third kappa shape index (κ3) is 4.64. The number of amides is 2. The van der Waals surface area contributed by atoms with E-state index in [1.165, 1.54) is 6.92 Å². The molecule has 24 heavy (non-hydrogen) atoms. The van der Waals surface area contributed by atoms with Gasteiger partial charge < -0.3 is 15.1 Å². The van der Waals surface area contributed by atoms with Crippen molar-refractivity contribution in [3.8, 4) is 0 Å². The van der Waals surface area contributed by atoms with E-state index in [9.17, 15) is 14.4 Å². The molecular formula is C18H25N3O3. The molecule has 0 aliphatic carbocycles. The molecule has 6 nitrogen and oxygen atoms in total. The molecule has 6 heteroatoms. The Labute approximate surface area is 142 Å². The molecule has 0 aromatic heterocycles. The maximum atomic E-state index is 12.5. The van der Waals surface area contributed by atoms with Gasteiger partial charge in [-0.2, -0.15) is 0 Å². The van der Waals surface area contributed by atoms with Gasteiger partial charge in [0, 0.05) is 25.1 Å². The van der Waals surface area contributed by atoms with Gasteiger partial charge in [0.05, 0.1) is 11.6 Å². The SMILES string of the molecule is CC(=O)c1ccccc1NC(=O)C1CC(=O)N(CCCN(C)C)C1. The Bertz CT molecular complexity index is 628. The first-order valence-corrected chi connectivity index (χ1v) is 8.22. The van der Waals surface area contributed by atoms with Crippen LogP contribution in [0.1, 0.15) is 30.1 Å². The van der Waals surface area contributed by atoms with E-state index in [0.717, 1.165) is 13.0 Å². The van der Waals surface area contributed by atoms with Crippen LogP contribution in [0.2, 0.25) is 0 Å². The number of ketones is 1. The van der Waals surface area contributed by atoms with Crippen LogP contribution in [0.5, 0.6) is 0 Å². The Balaban J connectivity index is 1.94. The van der Waals surface area contributed by atoms with Crippen LogP contribution < -0.4 is 5.32 Å². The summed E-state index contributed by atoms with van der Waals surface area (Å²) in [5, 5.41) is 2.80. The Morgan fingerprint density at radius 2 is 2.00 bits per heavy atom. The Kier molecular flexibility index (Phi) is 6.09. The highest BCUT2D eigenvalue weighted by molar-refractivity contribution is 6.05. The average Bonchev–Trinajstić information content (AvgIpc) is 2.88. The van der Waals surface area contributed by atoms with Crippen LogP contribution in [0.4, 0.5) is 5.69 Å². The molecule has 1 N–H and O–H groups in total. The molecule has 1 unspecified atom stereocenters. The smallest absolute Gasteiger partial charge is 0.229 e. The van der Waals surface area contributed by atoms with Crippen LogP contribution in [0.15, 0.2) is 24.3 Å². The fourth-order valence-corrected chi connectivity index (χ4v) is 2.88. The second kappa shape index (κ2) is 8.06. The van der Waals surface area contributed by atoms with Crippen LogP contribution in [0.25, 0.3) is 0 Å². The van der Waals surface area contributed by atoms with Crippen LogP contribution >= 0.6 is 0 Å². The zero-order valence-electron chi connectivity index (χ0n) is 14.5. The number of benzene rings is 1. The summed E-state index contributed by atoms with van der Waals surface area (Å²) in [5.41, 5.74) is 0.992. The highest BCUT2D eigenvalue weighted by atomic mass is 16.2. The topological polar surface area (TPSA) is 69.7 Å². The average molecular weight is 331 g/mol. The summed E-state index contributed by atoms with van der Waals surface area (Å²) in [6, 6.07) is 6.93. The molecule has 1 aromatic carbocycles. The molecule has 1 saturated heterocycles. The van der Waals surface area contributed by atoms with Crippen LogP contribution in [0, 0.1) is 5.92 Å². The maximum absolute atomic E-state index is 12.5. The molecule has 1 aliphatic heterocycles. The standard InChI is InChI=1S/C18H25N3O3/c1-13(22)15-7-4-5-8-16(15)19-18(24)14-11-17(23)21(12-14)10-6-9-20(2)3/h4-5,7-8,14H,6,9-12H2,1-3H3,(H,19,24). The second-order valence-electron chi connectivity index (χ2n) is 6.49. The number of hydrogen-bond acceptors (Lipinski definition) is 4. The molecule has 2 amide bonds. The molecule has 0 bridgehead atoms. The number of rotatable bonds is 7. The highest BCUT2D eigenvalue weighted by Gasteiger charge is 2.34. The first-order valence-electron chi connectivity index (χ1n) is 8.22. The normalized spacial score (nSPS) is 17.4. The van der Waals surface area contributed by atoms with E-state index in [0.29, 0.717) is 24.3 Å². The molecule has 1 heterocycles. The minimum Gasteiger partial charge on any atom is -0.342 e. The summed E-state index contributed by atoms with van der Waals surface area (Å²) < 4.78 is 0. The number of likely N-dealkylation sites (tertiary alicyclic amines) is 1. The molecule has 0 saturated carbocycles. The van der Waals surface area contributed by atoms with E-state index in [1.54, 1.807) is 29.2 Å². The molecule has 130 valence electrons. The quantitative estimate of drug-likeness (QED) is 0.771. The highest BCUT2D eigenvalue weighted by Crippen LogP contribution is 2.22. The third-order valence-corrected chi connectivity index (χ3v) is 4.18. The van der Waals surface area contributed by atoms with Gasteiger partial charge in [-0.15, -0.1) is 0 Å². The van der Waals surface area contributed by atoms with Gasteiger partial charge >= 0.3 is 0 Å². The summed E-state index contributed by atoms with van der Waals surface area (Å²) >= 11 is 0. The van der Waals surface area contributed by atoms with Gasteiger partial charge in [-0.1, -0.05) is 12.1 Å². The summed E-state index contributed by atoms with van der Waals surface area (Å²) in [6.07, 6.45) is 1.12. The van der Waals surface area contributed by atoms with Crippen LogP contribution in [-0.2, 0) is 9.59 Å². The number of nitrogens with one attached hydrogen (secondary N) is 1. The number of carbonyl (C=O) groups is 3. The van der Waals surface area contributed by atoms with Crippen molar-refractivity contribution < 1.29 is 14.4 Å². The minimum atomic E-state index is -0.364. The number of para-hydroxylation sites is 1. The van der Waals surface area contributed by atoms with Gasteiger partial charge in [0.1, 0.15) is 0 Å². The predicted molar refractivity (Wildman–Crippen MR) is 92.9 cm³/mol. The third-order valence-electron chi connectivity index (χ3n) is 4.18. The molecule has 0 spiro atoms. The second-order valence-corrected chi connectivity index (χ2v) is 6.49. The number of carbonyl (C=O) groups excluding carboxylic acids is 3. The Hall–Kier alpha value is -2.21. The lowest BCUT2D eigenvalue weighted by Gasteiger charge is -2.18. The fraction of sp³-hybridized carbons (Fsp3) is 0.500. The Morgan fingerprint density at radius 1 is 1.29 bits per heavy atom. The number of Topliss-reactive ketones (excluding diaryl/α,β-unsaturated/α-hetero) is 1. The molecule has 1 aliphatic rings. The summed E-state index contributed by atoms with van der Waals surface area (Å²) in [5.74, 6) is -0.642. The number of hydrogen-bond donors (Lipinski definition) is 1. The molecule has 1 aromatic rings. The van der Waals surface area contributed by atoms with Crippen molar-refractivity contribution in [3.05, 3.63) is 29.8 Å². The van der Waals surface area contributed by atoms with E-state index in [2.05, 4.69) is 10.2 Å². The first kappa shape index (κ1) is 18.1. The van der Waals surface area contributed by atoms with E-state index in [1.807, 2.05) is 14.1 Å². The van der Waals surface area contributed by atoms with Gasteiger partial charge in [-0.25, -0.2) is 0 Å². The monoisotopic (exact) mass is 331 g/mol. The van der Waals surface area contributed by atoms with Crippen molar-refractivity contribution in [2.45, 2.75) is 19.8 Å². The van der Waals surface area contributed by atoms with E-state index in [-0.39, 0.29) is 29.9 Å². The van der Waals surface area contributed by atoms with Crippen molar-refractivity contribution in [2.75, 3.05) is 39.0 Å². The van der Waals surface area contributed by atoms with Crippen molar-refractivity contribution in [1.29, 1.82) is 0 Å². The van der Waals surface area contributed by atoms with Crippen LogP contribution in [-0.4, -0.2) is 61.1 Å². The van der Waals surface area contributed by atoms with Gasteiger partial charge in [0.15, 0.2) is 5.78 Å². The summed E-state index contributed by atoms with van der Waals surface area (Å²) in [6.45, 7) is 3.49. The summed E-state index contributed by atoms with van der Waals surface area (Å²) in [4.78, 5) is 40.0. The van der Waals surface area contributed by atoms with Gasteiger partial charge in [0.25, 0.3) is 0 Å².